The summed E-state index contributed by atoms with van der Waals surface area (Å²) < 4.78 is 199. The molecule has 0 amide bonds. The molecule has 0 aliphatic heterocycles. The van der Waals surface area contributed by atoms with Gasteiger partial charge in [0, 0.05) is 0 Å². The summed E-state index contributed by atoms with van der Waals surface area (Å²) in [5.74, 6) is -31.7. The van der Waals surface area contributed by atoms with Crippen LogP contribution in [0.4, 0.5) is 61.5 Å². The maximum Gasteiger partial charge on any atom is 0.460 e. The second kappa shape index (κ2) is 14.3. The topological polar surface area (TPSA) is 63.6 Å². The summed E-state index contributed by atoms with van der Waals surface area (Å²) in [6.45, 7) is 2.31. The normalized spacial score (nSPS) is 14.4. The van der Waals surface area contributed by atoms with E-state index in [2.05, 4.69) is 11.1 Å². The van der Waals surface area contributed by atoms with Gasteiger partial charge in [0.1, 0.15) is 0 Å². The molecule has 0 aromatic rings. The van der Waals surface area contributed by atoms with Crippen LogP contribution in [0.1, 0.15) is 71.1 Å². The molecule has 0 unspecified atom stereocenters. The number of hydrogen-bond donors (Lipinski definition) is 1. The first-order valence-electron chi connectivity index (χ1n) is 10.6. The monoisotopic (exact) mass is 604 g/mol. The second-order valence-electron chi connectivity index (χ2n) is 7.72. The maximum atomic E-state index is 12.3. The van der Waals surface area contributed by atoms with Gasteiger partial charge in [-0.2, -0.15) is 69.9 Å². The number of rotatable bonds is 15. The smallest absolute Gasteiger partial charge is 0.264 e. The van der Waals surface area contributed by atoms with Crippen molar-refractivity contribution in [1.82, 2.24) is 0 Å². The van der Waals surface area contributed by atoms with Crippen LogP contribution in [0.3, 0.4) is 0 Å². The number of unbranched alkanes of at least 4 members (excludes halogenated alkanes) is 9. The van der Waals surface area contributed by atoms with Crippen molar-refractivity contribution in [3.05, 3.63) is 0 Å². The van der Waals surface area contributed by atoms with Crippen molar-refractivity contribution in [2.24, 2.45) is 0 Å². The highest BCUT2D eigenvalue weighted by atomic mass is 32.3. The summed E-state index contributed by atoms with van der Waals surface area (Å²) in [4.78, 5) is 0. The molecule has 0 fully saturated rings. The summed E-state index contributed by atoms with van der Waals surface area (Å²) >= 11 is 0. The van der Waals surface area contributed by atoms with E-state index in [0.717, 1.165) is 12.8 Å². The van der Waals surface area contributed by atoms with Gasteiger partial charge in [0.05, 0.1) is 6.61 Å². The standard InChI is InChI=1S/C12H26O4S.C6F14/c1-2-3-4-5-6-7-8-9-10-11-12-16-17(13,14)15;7-1(8,3(11,12)5(15,16)17)2(9,10)4(13,14)6(18,19)20/h2-12H2,1H3,(H,13,14,15);. The highest BCUT2D eigenvalue weighted by molar-refractivity contribution is 7.80. The molecule has 0 radical (unpaired) electrons. The molecule has 226 valence electrons. The predicted octanol–water partition coefficient (Wildman–Crippen LogP) is 8.38. The van der Waals surface area contributed by atoms with Crippen LogP contribution in [0.25, 0.3) is 0 Å². The van der Waals surface area contributed by atoms with Crippen molar-refractivity contribution >= 4 is 10.4 Å². The van der Waals surface area contributed by atoms with Gasteiger partial charge < -0.3 is 0 Å². The van der Waals surface area contributed by atoms with E-state index < -0.39 is 46.4 Å². The van der Waals surface area contributed by atoms with E-state index in [1.54, 1.807) is 0 Å². The molecule has 0 rings (SSSR count). The molecule has 0 aliphatic carbocycles. The molecule has 4 nitrogen and oxygen atoms in total. The fourth-order valence-electron chi connectivity index (χ4n) is 2.50. The molecular formula is C18H26F14O4S. The van der Waals surface area contributed by atoms with Crippen LogP contribution in [-0.4, -0.2) is 55.6 Å². The van der Waals surface area contributed by atoms with Crippen LogP contribution in [-0.2, 0) is 14.6 Å². The van der Waals surface area contributed by atoms with Gasteiger partial charge in [0.15, 0.2) is 0 Å². The van der Waals surface area contributed by atoms with E-state index in [1.165, 1.54) is 44.9 Å². The Labute approximate surface area is 203 Å². The van der Waals surface area contributed by atoms with Crippen molar-refractivity contribution in [2.75, 3.05) is 6.61 Å². The largest absolute Gasteiger partial charge is 0.460 e. The van der Waals surface area contributed by atoms with Crippen LogP contribution >= 0.6 is 0 Å². The molecule has 0 aromatic carbocycles. The van der Waals surface area contributed by atoms with Gasteiger partial charge >= 0.3 is 46.4 Å². The minimum atomic E-state index is -8.04. The quantitative estimate of drug-likeness (QED) is 0.116. The molecule has 0 heterocycles. The van der Waals surface area contributed by atoms with Crippen molar-refractivity contribution < 1.29 is 78.6 Å². The van der Waals surface area contributed by atoms with Crippen LogP contribution < -0.4 is 0 Å². The lowest BCUT2D eigenvalue weighted by atomic mass is 9.98. The van der Waals surface area contributed by atoms with Crippen LogP contribution in [0.5, 0.6) is 0 Å². The van der Waals surface area contributed by atoms with Gasteiger partial charge in [-0.05, 0) is 6.42 Å². The van der Waals surface area contributed by atoms with Crippen molar-refractivity contribution in [3.63, 3.8) is 0 Å². The summed E-state index contributed by atoms with van der Waals surface area (Å²) in [7, 11) is -4.23. The molecule has 0 aliphatic rings. The van der Waals surface area contributed by atoms with Gasteiger partial charge in [-0.3, -0.25) is 4.55 Å². The third-order valence-corrected chi connectivity index (χ3v) is 5.09. The molecule has 19 heteroatoms. The van der Waals surface area contributed by atoms with Crippen molar-refractivity contribution in [1.29, 1.82) is 0 Å². The average Bonchev–Trinajstić information content (AvgIpc) is 2.69. The van der Waals surface area contributed by atoms with Gasteiger partial charge in [-0.25, -0.2) is 4.18 Å². The fraction of sp³-hybridized carbons (Fsp3) is 1.00. The van der Waals surface area contributed by atoms with Crippen molar-refractivity contribution in [3.8, 4) is 0 Å². The Balaban J connectivity index is 0. The lowest BCUT2D eigenvalue weighted by Gasteiger charge is -2.37. The van der Waals surface area contributed by atoms with E-state index in [1.807, 2.05) is 0 Å². The Kier molecular flexibility index (Phi) is 14.7. The molecule has 0 spiro atoms. The highest BCUT2D eigenvalue weighted by Gasteiger charge is 2.91. The van der Waals surface area contributed by atoms with Gasteiger partial charge in [0.2, 0.25) is 0 Å². The highest BCUT2D eigenvalue weighted by Crippen LogP contribution is 2.60. The van der Waals surface area contributed by atoms with E-state index in [4.69, 9.17) is 4.55 Å². The minimum absolute atomic E-state index is 0.0926. The molecule has 0 aromatic heterocycles. The van der Waals surface area contributed by atoms with Gasteiger partial charge in [-0.1, -0.05) is 64.7 Å². The second-order valence-corrected chi connectivity index (χ2v) is 8.82. The minimum Gasteiger partial charge on any atom is -0.264 e. The zero-order chi connectivity index (χ0) is 30.0. The molecule has 0 bridgehead atoms. The number of hydrogen-bond acceptors (Lipinski definition) is 3. The zero-order valence-electron chi connectivity index (χ0n) is 19.1. The maximum absolute atomic E-state index is 12.3. The van der Waals surface area contributed by atoms with Crippen LogP contribution in [0, 0.1) is 0 Å². The first-order chi connectivity index (χ1) is 16.3. The lowest BCUT2D eigenvalue weighted by molar-refractivity contribution is -0.451. The molecule has 1 N–H and O–H groups in total. The predicted molar refractivity (Wildman–Crippen MR) is 101 cm³/mol. The summed E-state index contributed by atoms with van der Waals surface area (Å²) in [6.07, 6.45) is -3.12. The Hall–Kier alpha value is -1.11. The Morgan fingerprint density at radius 1 is 0.514 bits per heavy atom. The summed E-state index contributed by atoms with van der Waals surface area (Å²) in [5.41, 5.74) is 0. The van der Waals surface area contributed by atoms with Gasteiger partial charge in [-0.15, -0.1) is 0 Å². The Morgan fingerprint density at radius 2 is 0.784 bits per heavy atom. The molecule has 0 saturated carbocycles. The first kappa shape index (κ1) is 38.0. The lowest BCUT2D eigenvalue weighted by Crippen LogP contribution is -2.69. The average molecular weight is 604 g/mol. The van der Waals surface area contributed by atoms with Crippen molar-refractivity contribution in [2.45, 2.75) is 107 Å². The molecule has 37 heavy (non-hydrogen) atoms. The number of halogens is 14. The van der Waals surface area contributed by atoms with E-state index in [0.29, 0.717) is 6.42 Å². The third kappa shape index (κ3) is 11.3. The molecule has 0 atom stereocenters. The first-order valence-corrected chi connectivity index (χ1v) is 11.9. The SMILES string of the molecule is CCCCCCCCCCCCOS(=O)(=O)O.FC(F)(F)C(F)(F)C(F)(F)C(F)(F)C(F)(F)C(F)(F)F. The van der Waals surface area contributed by atoms with E-state index >= 15 is 0 Å². The van der Waals surface area contributed by atoms with Gasteiger partial charge in [0.25, 0.3) is 0 Å². The number of alkyl halides is 14. The fourth-order valence-corrected chi connectivity index (χ4v) is 2.83. The molecular weight excluding hydrogens is 578 g/mol. The van der Waals surface area contributed by atoms with Crippen LogP contribution in [0.2, 0.25) is 0 Å². The van der Waals surface area contributed by atoms with E-state index in [9.17, 15) is 69.9 Å². The summed E-state index contributed by atoms with van der Waals surface area (Å²) in [5, 5.41) is 0. The zero-order valence-corrected chi connectivity index (χ0v) is 20.0. The summed E-state index contributed by atoms with van der Waals surface area (Å²) in [6, 6.07) is 0. The Morgan fingerprint density at radius 3 is 1.03 bits per heavy atom. The molecule has 0 saturated heterocycles. The van der Waals surface area contributed by atoms with Crippen LogP contribution in [0.15, 0.2) is 0 Å². The Bertz CT molecular complexity index is 713. The van der Waals surface area contributed by atoms with E-state index in [-0.39, 0.29) is 6.61 Å². The third-order valence-electron chi connectivity index (χ3n) is 4.63.